The van der Waals surface area contributed by atoms with Gasteiger partial charge >= 0.3 is 0 Å². The van der Waals surface area contributed by atoms with Gasteiger partial charge in [0.05, 0.1) is 18.9 Å². The molecule has 4 saturated carbocycles. The number of aromatic nitrogens is 2. The predicted molar refractivity (Wildman–Crippen MR) is 161 cm³/mol. The van der Waals surface area contributed by atoms with Crippen molar-refractivity contribution in [3.63, 3.8) is 0 Å². The molecule has 188 valence electrons. The lowest BCUT2D eigenvalue weighted by molar-refractivity contribution is -0.0502. The molecule has 1 atom stereocenters. The van der Waals surface area contributed by atoms with Crippen LogP contribution in [0.4, 0.5) is 0 Å². The lowest BCUT2D eigenvalue weighted by Crippen LogP contribution is -2.57. The Balaban J connectivity index is 1.49. The highest BCUT2D eigenvalue weighted by molar-refractivity contribution is 7.71. The highest BCUT2D eigenvalue weighted by atomic mass is 31.1. The number of hydrogen-bond donors (Lipinski definition) is 0. The molecule has 4 aliphatic rings. The van der Waals surface area contributed by atoms with Crippen molar-refractivity contribution in [1.82, 2.24) is 9.97 Å². The lowest BCUT2D eigenvalue weighted by Gasteiger charge is -2.62. The minimum Gasteiger partial charge on any atom is -0.256 e. The van der Waals surface area contributed by atoms with E-state index < -0.39 is 16.0 Å². The first-order chi connectivity index (χ1) is 17.4. The Bertz CT molecular complexity index is 1140. The Kier molecular flexibility index (Phi) is 6.73. The molecule has 0 N–H and O–H groups in total. The van der Waals surface area contributed by atoms with Crippen LogP contribution >= 0.6 is 17.2 Å². The van der Waals surface area contributed by atoms with Gasteiger partial charge in [0.1, 0.15) is 0 Å². The molecule has 2 nitrogen and oxygen atoms in total. The van der Waals surface area contributed by atoms with Gasteiger partial charge in [-0.1, -0.05) is 55.2 Å². The van der Waals surface area contributed by atoms with Crippen molar-refractivity contribution in [2.45, 2.75) is 63.3 Å². The van der Waals surface area contributed by atoms with Crippen molar-refractivity contribution in [2.75, 3.05) is 6.16 Å². The molecular weight excluding hydrogens is 490 g/mol. The van der Waals surface area contributed by atoms with E-state index in [9.17, 15) is 0 Å². The Morgan fingerprint density at radius 1 is 0.833 bits per heavy atom. The summed E-state index contributed by atoms with van der Waals surface area (Å²) in [5.41, 5.74) is 5.97. The van der Waals surface area contributed by atoms with Crippen LogP contribution in [0.25, 0.3) is 0 Å². The summed E-state index contributed by atoms with van der Waals surface area (Å²) in [6.07, 6.45) is 13.5. The standard InChI is InChI=1S/C31H40N2P2Si/c1-36(2,3)27-10-11-28(31(21-34)25-15-22-14-23(17-25)18-26(31)16-22)24(19-27)20-35(29-8-4-6-12-32-29)30-9-5-7-13-33-30/h4-13,19,22-23,25-26H,14-18,20-21,34H2,1-3H3. The molecule has 0 spiro atoms. The molecule has 7 rings (SSSR count). The van der Waals surface area contributed by atoms with Crippen LogP contribution in [-0.4, -0.2) is 24.2 Å². The minimum absolute atomic E-state index is 0.320. The largest absolute Gasteiger partial charge is 0.256 e. The van der Waals surface area contributed by atoms with Gasteiger partial charge in [0.2, 0.25) is 0 Å². The van der Waals surface area contributed by atoms with E-state index in [0.717, 1.165) is 29.8 Å². The summed E-state index contributed by atoms with van der Waals surface area (Å²) < 4.78 is 0. The van der Waals surface area contributed by atoms with E-state index in [0.29, 0.717) is 5.41 Å². The van der Waals surface area contributed by atoms with Crippen molar-refractivity contribution in [3.8, 4) is 0 Å². The van der Waals surface area contributed by atoms with Crippen LogP contribution in [0.15, 0.2) is 67.0 Å². The van der Waals surface area contributed by atoms with E-state index in [4.69, 9.17) is 9.97 Å². The maximum absolute atomic E-state index is 4.87. The second-order valence-corrected chi connectivity index (χ2v) is 20.2. The predicted octanol–water partition coefficient (Wildman–Crippen LogP) is 6.22. The summed E-state index contributed by atoms with van der Waals surface area (Å²) in [5, 5.41) is 1.58. The maximum Gasteiger partial charge on any atom is 0.0776 e. The van der Waals surface area contributed by atoms with E-state index in [1.807, 2.05) is 24.5 Å². The third-order valence-electron chi connectivity index (χ3n) is 9.59. The molecule has 5 heteroatoms. The fourth-order valence-electron chi connectivity index (χ4n) is 8.03. The Hall–Kier alpha value is -1.40. The van der Waals surface area contributed by atoms with E-state index in [2.05, 4.69) is 71.3 Å². The van der Waals surface area contributed by atoms with E-state index in [-0.39, 0.29) is 0 Å². The molecule has 2 aromatic heterocycles. The highest BCUT2D eigenvalue weighted by Gasteiger charge is 2.57. The average molecular weight is 531 g/mol. The molecule has 4 bridgehead atoms. The van der Waals surface area contributed by atoms with Crippen molar-refractivity contribution in [3.05, 3.63) is 78.1 Å². The zero-order valence-corrected chi connectivity index (χ0v) is 25.1. The quantitative estimate of drug-likeness (QED) is 0.268. The molecule has 0 saturated heterocycles. The molecule has 0 amide bonds. The molecule has 1 unspecified atom stereocenters. The third kappa shape index (κ3) is 4.34. The van der Waals surface area contributed by atoms with E-state index >= 15 is 0 Å². The van der Waals surface area contributed by atoms with Crippen LogP contribution in [0.1, 0.15) is 43.2 Å². The second-order valence-electron chi connectivity index (χ2n) is 12.6. The molecular formula is C31H40N2P2Si. The Morgan fingerprint density at radius 3 is 1.89 bits per heavy atom. The molecule has 4 fully saturated rings. The van der Waals surface area contributed by atoms with Gasteiger partial charge in [0.15, 0.2) is 0 Å². The van der Waals surface area contributed by atoms with Crippen LogP contribution in [0, 0.1) is 23.7 Å². The second kappa shape index (κ2) is 9.72. The maximum atomic E-state index is 4.87. The van der Waals surface area contributed by atoms with Crippen LogP contribution in [0.5, 0.6) is 0 Å². The first-order valence-electron chi connectivity index (χ1n) is 13.8. The first kappa shape index (κ1) is 24.9. The minimum atomic E-state index is -1.44. The van der Waals surface area contributed by atoms with Crippen LogP contribution in [-0.2, 0) is 11.6 Å². The van der Waals surface area contributed by atoms with Crippen molar-refractivity contribution >= 4 is 41.3 Å². The van der Waals surface area contributed by atoms with Crippen molar-refractivity contribution < 1.29 is 0 Å². The zero-order valence-electron chi connectivity index (χ0n) is 22.0. The highest BCUT2D eigenvalue weighted by Crippen LogP contribution is 2.64. The summed E-state index contributed by atoms with van der Waals surface area (Å²) in [6, 6.07) is 20.5. The number of pyridine rings is 2. The smallest absolute Gasteiger partial charge is 0.0776 e. The van der Waals surface area contributed by atoms with Crippen LogP contribution in [0.3, 0.4) is 0 Å². The summed E-state index contributed by atoms with van der Waals surface area (Å²) in [6.45, 7) is 7.46. The van der Waals surface area contributed by atoms with Crippen molar-refractivity contribution in [2.24, 2.45) is 23.7 Å². The Morgan fingerprint density at radius 2 is 1.42 bits per heavy atom. The van der Waals surface area contributed by atoms with Gasteiger partial charge in [-0.3, -0.25) is 9.97 Å². The molecule has 1 aromatic carbocycles. The Labute approximate surface area is 222 Å². The number of nitrogens with zero attached hydrogens (tertiary/aromatic N) is 2. The fraction of sp³-hybridized carbons (Fsp3) is 0.484. The summed E-state index contributed by atoms with van der Waals surface area (Å²) in [5.74, 6) is 3.67. The van der Waals surface area contributed by atoms with Gasteiger partial charge in [-0.25, -0.2) is 0 Å². The van der Waals surface area contributed by atoms with Gasteiger partial charge in [-0.15, -0.1) is 9.24 Å². The summed E-state index contributed by atoms with van der Waals surface area (Å²) in [7, 11) is 1.11. The van der Waals surface area contributed by atoms with Crippen molar-refractivity contribution in [1.29, 1.82) is 0 Å². The van der Waals surface area contributed by atoms with E-state index in [1.54, 1.807) is 16.3 Å². The third-order valence-corrected chi connectivity index (χ3v) is 14.6. The fourth-order valence-corrected chi connectivity index (χ4v) is 12.2. The molecule has 36 heavy (non-hydrogen) atoms. The SMILES string of the molecule is C[Si](C)(C)c1ccc(C2(CP)C3CC4CC(C3)CC2C4)c(CP(c2ccccn2)c2ccccn2)c1. The molecule has 4 aliphatic carbocycles. The lowest BCUT2D eigenvalue weighted by atomic mass is 9.44. The van der Waals surface area contributed by atoms with Gasteiger partial charge in [-0.2, -0.15) is 0 Å². The zero-order chi connectivity index (χ0) is 24.9. The summed E-state index contributed by atoms with van der Waals surface area (Å²) >= 11 is 0. The number of hydrogen-bond acceptors (Lipinski definition) is 2. The first-order valence-corrected chi connectivity index (χ1v) is 19.7. The monoisotopic (exact) mass is 530 g/mol. The number of rotatable bonds is 7. The van der Waals surface area contributed by atoms with Gasteiger partial charge in [-0.05, 0) is 97.3 Å². The topological polar surface area (TPSA) is 25.8 Å². The van der Waals surface area contributed by atoms with Crippen LogP contribution in [0.2, 0.25) is 19.6 Å². The van der Waals surface area contributed by atoms with Crippen LogP contribution < -0.4 is 16.1 Å². The number of benzene rings is 1. The molecule has 3 aromatic rings. The molecule has 0 radical (unpaired) electrons. The molecule has 0 aliphatic heterocycles. The van der Waals surface area contributed by atoms with E-state index in [1.165, 1.54) is 49.1 Å². The van der Waals surface area contributed by atoms with Gasteiger partial charge in [0.25, 0.3) is 0 Å². The molecule has 2 heterocycles. The summed E-state index contributed by atoms with van der Waals surface area (Å²) in [4.78, 5) is 9.74. The van der Waals surface area contributed by atoms with Gasteiger partial charge in [0, 0.05) is 31.9 Å². The average Bonchev–Trinajstić information content (AvgIpc) is 2.88. The normalized spacial score (nSPS) is 29.1. The van der Waals surface area contributed by atoms with Gasteiger partial charge < -0.3 is 0 Å².